The summed E-state index contributed by atoms with van der Waals surface area (Å²) in [6.45, 7) is 7.55. The van der Waals surface area contributed by atoms with E-state index in [4.69, 9.17) is 16.3 Å². The first-order valence-corrected chi connectivity index (χ1v) is 14.3. The molecule has 3 aromatic rings. The third-order valence-electron chi connectivity index (χ3n) is 7.66. The SMILES string of the molecule is COc1cc(N2CCN(C(=O)CN(C)C)CC2)ccc1Nc1ncc(Cl)c(NCc2cccc3c2C(C)(C)C(=O)N3)n1. The van der Waals surface area contributed by atoms with Crippen molar-refractivity contribution in [1.29, 1.82) is 0 Å². The predicted octanol–water partition coefficient (Wildman–Crippen LogP) is 3.93. The molecule has 3 heterocycles. The molecule has 0 radical (unpaired) electrons. The van der Waals surface area contributed by atoms with E-state index in [1.165, 1.54) is 0 Å². The maximum Gasteiger partial charge on any atom is 0.236 e. The molecule has 42 heavy (non-hydrogen) atoms. The topological polar surface area (TPSA) is 115 Å². The highest BCUT2D eigenvalue weighted by atomic mass is 35.5. The molecule has 2 aliphatic heterocycles. The van der Waals surface area contributed by atoms with Gasteiger partial charge in [0.15, 0.2) is 5.82 Å². The number of hydrogen-bond acceptors (Lipinski definition) is 9. The lowest BCUT2D eigenvalue weighted by atomic mass is 9.83. The fourth-order valence-electron chi connectivity index (χ4n) is 5.40. The van der Waals surface area contributed by atoms with E-state index in [-0.39, 0.29) is 11.8 Å². The smallest absolute Gasteiger partial charge is 0.236 e. The van der Waals surface area contributed by atoms with Crippen LogP contribution in [0.5, 0.6) is 5.75 Å². The van der Waals surface area contributed by atoms with Crippen molar-refractivity contribution in [3.63, 3.8) is 0 Å². The number of anilines is 5. The second-order valence-corrected chi connectivity index (χ2v) is 11.7. The first-order chi connectivity index (χ1) is 20.1. The molecule has 0 aliphatic carbocycles. The van der Waals surface area contributed by atoms with E-state index in [2.05, 4.69) is 30.8 Å². The lowest BCUT2D eigenvalue weighted by Gasteiger charge is -2.36. The van der Waals surface area contributed by atoms with E-state index >= 15 is 0 Å². The summed E-state index contributed by atoms with van der Waals surface area (Å²) in [5, 5.41) is 9.90. The second kappa shape index (κ2) is 12.0. The maximum atomic E-state index is 12.5. The normalized spacial score (nSPS) is 15.8. The number of nitrogens with one attached hydrogen (secondary N) is 3. The molecule has 12 heteroatoms. The quantitative estimate of drug-likeness (QED) is 0.340. The minimum atomic E-state index is -0.629. The molecule has 0 unspecified atom stereocenters. The largest absolute Gasteiger partial charge is 0.494 e. The Hall–Kier alpha value is -4.09. The summed E-state index contributed by atoms with van der Waals surface area (Å²) in [4.78, 5) is 39.9. The highest BCUT2D eigenvalue weighted by Crippen LogP contribution is 2.40. The van der Waals surface area contributed by atoms with Gasteiger partial charge in [0.25, 0.3) is 0 Å². The molecular formula is C30H37ClN8O3. The highest BCUT2D eigenvalue weighted by molar-refractivity contribution is 6.32. The lowest BCUT2D eigenvalue weighted by Crippen LogP contribution is -2.50. The Morgan fingerprint density at radius 3 is 2.64 bits per heavy atom. The molecule has 11 nitrogen and oxygen atoms in total. The number of benzene rings is 2. The average molecular weight is 593 g/mol. The summed E-state index contributed by atoms with van der Waals surface area (Å²) in [7, 11) is 5.43. The average Bonchev–Trinajstić information content (AvgIpc) is 3.21. The standard InChI is InChI=1S/C30H37ClN8O3/c1-30(2)26-19(7-6-8-23(26)34-28(30)41)16-32-27-21(31)17-33-29(36-27)35-22-10-9-20(15-24(22)42-5)38-11-13-39(14-12-38)25(40)18-37(3)4/h6-10,15,17H,11-14,16,18H2,1-5H3,(H,34,41)(H2,32,33,35,36). The van der Waals surface area contributed by atoms with Gasteiger partial charge < -0.3 is 35.4 Å². The van der Waals surface area contributed by atoms with E-state index in [9.17, 15) is 9.59 Å². The van der Waals surface area contributed by atoms with Crippen LogP contribution in [0.1, 0.15) is 25.0 Å². The number of fused-ring (bicyclic) bond motifs is 1. The summed E-state index contributed by atoms with van der Waals surface area (Å²) >= 11 is 6.44. The van der Waals surface area contributed by atoms with Crippen molar-refractivity contribution < 1.29 is 14.3 Å². The molecule has 0 spiro atoms. The van der Waals surface area contributed by atoms with Crippen LogP contribution >= 0.6 is 11.6 Å². The molecule has 1 fully saturated rings. The molecule has 5 rings (SSSR count). The molecule has 0 bridgehead atoms. The van der Waals surface area contributed by atoms with E-state index in [0.717, 1.165) is 35.6 Å². The predicted molar refractivity (Wildman–Crippen MR) is 166 cm³/mol. The lowest BCUT2D eigenvalue weighted by molar-refractivity contribution is -0.132. The van der Waals surface area contributed by atoms with Gasteiger partial charge in [0.2, 0.25) is 17.8 Å². The van der Waals surface area contributed by atoms with Gasteiger partial charge in [0.05, 0.1) is 31.0 Å². The molecule has 0 saturated carbocycles. The van der Waals surface area contributed by atoms with Gasteiger partial charge in [-0.15, -0.1) is 0 Å². The maximum absolute atomic E-state index is 12.5. The number of nitrogens with zero attached hydrogens (tertiary/aromatic N) is 5. The Bertz CT molecular complexity index is 1490. The highest BCUT2D eigenvalue weighted by Gasteiger charge is 2.39. The number of aromatic nitrogens is 2. The fraction of sp³-hybridized carbons (Fsp3) is 0.400. The summed E-state index contributed by atoms with van der Waals surface area (Å²) in [5.74, 6) is 1.60. The number of carbonyl (C=O) groups excluding carboxylic acids is 2. The minimum absolute atomic E-state index is 0.0196. The summed E-state index contributed by atoms with van der Waals surface area (Å²) in [6.07, 6.45) is 1.54. The molecule has 3 N–H and O–H groups in total. The zero-order valence-corrected chi connectivity index (χ0v) is 25.4. The first kappa shape index (κ1) is 29.4. The molecule has 2 amide bonds. The molecule has 222 valence electrons. The summed E-state index contributed by atoms with van der Waals surface area (Å²) in [5.41, 5.74) is 3.88. The van der Waals surface area contributed by atoms with Gasteiger partial charge in [0, 0.05) is 50.2 Å². The van der Waals surface area contributed by atoms with Gasteiger partial charge in [-0.2, -0.15) is 4.98 Å². The van der Waals surface area contributed by atoms with Crippen molar-refractivity contribution in [2.75, 3.05) is 74.8 Å². The molecule has 1 saturated heterocycles. The van der Waals surface area contributed by atoms with Crippen molar-refractivity contribution in [3.05, 3.63) is 58.7 Å². The van der Waals surface area contributed by atoms with Crippen LogP contribution < -0.4 is 25.6 Å². The van der Waals surface area contributed by atoms with Crippen molar-refractivity contribution >= 4 is 52.2 Å². The first-order valence-electron chi connectivity index (χ1n) is 13.9. The van der Waals surface area contributed by atoms with Gasteiger partial charge in [-0.1, -0.05) is 23.7 Å². The third kappa shape index (κ3) is 6.07. The fourth-order valence-corrected chi connectivity index (χ4v) is 5.55. The second-order valence-electron chi connectivity index (χ2n) is 11.3. The number of amides is 2. The van der Waals surface area contributed by atoms with Crippen LogP contribution in [0.4, 0.5) is 28.8 Å². The molecule has 2 aromatic carbocycles. The Morgan fingerprint density at radius 1 is 1.17 bits per heavy atom. The third-order valence-corrected chi connectivity index (χ3v) is 7.94. The molecule has 0 atom stereocenters. The van der Waals surface area contributed by atoms with Gasteiger partial charge in [-0.05, 0) is 57.3 Å². The molecule has 2 aliphatic rings. The Balaban J connectivity index is 1.26. The molecular weight excluding hydrogens is 556 g/mol. The van der Waals surface area contributed by atoms with Crippen LogP contribution in [0.2, 0.25) is 5.02 Å². The number of halogens is 1. The van der Waals surface area contributed by atoms with Crippen LogP contribution in [-0.4, -0.2) is 85.5 Å². The van der Waals surface area contributed by atoms with Gasteiger partial charge in [-0.25, -0.2) is 4.98 Å². The van der Waals surface area contributed by atoms with Crippen molar-refractivity contribution in [2.24, 2.45) is 0 Å². The van der Waals surface area contributed by atoms with Gasteiger partial charge in [-0.3, -0.25) is 9.59 Å². The van der Waals surface area contributed by atoms with Crippen molar-refractivity contribution in [1.82, 2.24) is 19.8 Å². The summed E-state index contributed by atoms with van der Waals surface area (Å²) in [6, 6.07) is 11.8. The molecule has 1 aromatic heterocycles. The summed E-state index contributed by atoms with van der Waals surface area (Å²) < 4.78 is 5.69. The number of methoxy groups -OCH3 is 1. The Labute approximate surface area is 251 Å². The zero-order valence-electron chi connectivity index (χ0n) is 24.6. The minimum Gasteiger partial charge on any atom is -0.494 e. The number of ether oxygens (including phenoxy) is 1. The number of piperazine rings is 1. The zero-order chi connectivity index (χ0) is 30.0. The van der Waals surface area contributed by atoms with Crippen LogP contribution in [0, 0.1) is 0 Å². The van der Waals surface area contributed by atoms with Crippen molar-refractivity contribution in [2.45, 2.75) is 25.8 Å². The van der Waals surface area contributed by atoms with Crippen LogP contribution in [0.15, 0.2) is 42.6 Å². The van der Waals surface area contributed by atoms with E-state index in [1.54, 1.807) is 13.3 Å². The number of carbonyl (C=O) groups is 2. The van der Waals surface area contributed by atoms with Crippen LogP contribution in [0.3, 0.4) is 0 Å². The van der Waals surface area contributed by atoms with E-state index in [1.807, 2.05) is 74.1 Å². The van der Waals surface area contributed by atoms with Gasteiger partial charge >= 0.3 is 0 Å². The van der Waals surface area contributed by atoms with Crippen molar-refractivity contribution in [3.8, 4) is 5.75 Å². The monoisotopic (exact) mass is 592 g/mol. The number of rotatable bonds is 9. The number of likely N-dealkylation sites (N-methyl/N-ethyl adjacent to an activating group) is 1. The number of hydrogen-bond donors (Lipinski definition) is 3. The van der Waals surface area contributed by atoms with Crippen LogP contribution in [0.25, 0.3) is 0 Å². The Morgan fingerprint density at radius 2 is 1.93 bits per heavy atom. The van der Waals surface area contributed by atoms with E-state index < -0.39 is 5.41 Å². The Kier molecular flexibility index (Phi) is 8.42. The van der Waals surface area contributed by atoms with Crippen LogP contribution in [-0.2, 0) is 21.5 Å². The van der Waals surface area contributed by atoms with Gasteiger partial charge in [0.1, 0.15) is 10.8 Å². The van der Waals surface area contributed by atoms with E-state index in [0.29, 0.717) is 54.4 Å².